The van der Waals surface area contributed by atoms with E-state index in [1.54, 1.807) is 19.2 Å². The number of ether oxygens (including phenoxy) is 1. The lowest BCUT2D eigenvalue weighted by atomic mass is 9.87. The Kier molecular flexibility index (Phi) is 5.95. The number of carbonyl (C=O) groups is 1. The molecular formula is C19H22ClN5O3S2. The van der Waals surface area contributed by atoms with Gasteiger partial charge in [0.2, 0.25) is 5.96 Å². The fraction of sp³-hybridized carbons (Fsp3) is 0.421. The summed E-state index contributed by atoms with van der Waals surface area (Å²) in [6.07, 6.45) is 1.27. The molecule has 0 spiro atoms. The van der Waals surface area contributed by atoms with Gasteiger partial charge in [0, 0.05) is 18.7 Å². The number of hydrogen-bond donors (Lipinski definition) is 3. The zero-order valence-electron chi connectivity index (χ0n) is 16.5. The SMILES string of the molecule is CCc1cccc(NC(=O)c2cc(Cl)c(C34CCOCC3[S+]([O-])N(C)C(=N)N4)s2)n1. The summed E-state index contributed by atoms with van der Waals surface area (Å²) in [6, 6.07) is 7.11. The highest BCUT2D eigenvalue weighted by molar-refractivity contribution is 7.90. The number of hydrogen-bond acceptors (Lipinski definition) is 6. The number of aryl methyl sites for hydroxylation is 1. The minimum atomic E-state index is -1.46. The second-order valence-corrected chi connectivity index (χ2v) is 10.3. The third-order valence-electron chi connectivity index (χ3n) is 5.36. The van der Waals surface area contributed by atoms with Gasteiger partial charge in [-0.2, -0.15) is 4.31 Å². The van der Waals surface area contributed by atoms with Crippen LogP contribution >= 0.6 is 22.9 Å². The Labute approximate surface area is 186 Å². The van der Waals surface area contributed by atoms with Gasteiger partial charge in [-0.25, -0.2) is 4.98 Å². The quantitative estimate of drug-likeness (QED) is 0.596. The van der Waals surface area contributed by atoms with Crippen molar-refractivity contribution in [2.75, 3.05) is 25.6 Å². The molecule has 2 aliphatic rings. The van der Waals surface area contributed by atoms with E-state index >= 15 is 0 Å². The van der Waals surface area contributed by atoms with Crippen LogP contribution in [-0.2, 0) is 28.1 Å². The molecule has 3 N–H and O–H groups in total. The number of nitrogens with zero attached hydrogens (tertiary/aromatic N) is 2. The highest BCUT2D eigenvalue weighted by Crippen LogP contribution is 2.46. The van der Waals surface area contributed by atoms with Gasteiger partial charge >= 0.3 is 0 Å². The topological polar surface area (TPSA) is 113 Å². The van der Waals surface area contributed by atoms with E-state index in [0.717, 1.165) is 12.1 Å². The fourth-order valence-corrected chi connectivity index (χ4v) is 6.86. The zero-order chi connectivity index (χ0) is 21.5. The molecule has 0 bridgehead atoms. The van der Waals surface area contributed by atoms with Crippen LogP contribution in [0.5, 0.6) is 0 Å². The summed E-state index contributed by atoms with van der Waals surface area (Å²) in [7, 11) is 1.61. The summed E-state index contributed by atoms with van der Waals surface area (Å²) >= 11 is 6.36. The first kappa shape index (κ1) is 21.4. The number of guanidine groups is 1. The Bertz CT molecular complexity index is 987. The molecule has 160 valence electrons. The van der Waals surface area contributed by atoms with E-state index in [2.05, 4.69) is 15.6 Å². The van der Waals surface area contributed by atoms with Gasteiger partial charge < -0.3 is 19.9 Å². The Balaban J connectivity index is 1.65. The lowest BCUT2D eigenvalue weighted by Gasteiger charge is -2.49. The van der Waals surface area contributed by atoms with Crippen molar-refractivity contribution in [1.29, 1.82) is 5.41 Å². The van der Waals surface area contributed by atoms with E-state index in [-0.39, 0.29) is 18.5 Å². The first-order valence-electron chi connectivity index (χ1n) is 9.51. The Morgan fingerprint density at radius 3 is 3.17 bits per heavy atom. The molecule has 8 nitrogen and oxygen atoms in total. The van der Waals surface area contributed by atoms with Crippen molar-refractivity contribution in [2.24, 2.45) is 0 Å². The molecule has 2 aromatic heterocycles. The average molecular weight is 468 g/mol. The number of fused-ring (bicyclic) bond motifs is 1. The lowest BCUT2D eigenvalue weighted by Crippen LogP contribution is -2.69. The first-order chi connectivity index (χ1) is 14.4. The van der Waals surface area contributed by atoms with E-state index < -0.39 is 22.2 Å². The van der Waals surface area contributed by atoms with Crippen molar-refractivity contribution < 1.29 is 14.1 Å². The molecule has 0 aliphatic carbocycles. The number of thiophene rings is 1. The van der Waals surface area contributed by atoms with Crippen molar-refractivity contribution >= 4 is 52.0 Å². The van der Waals surface area contributed by atoms with Gasteiger partial charge in [-0.1, -0.05) is 24.6 Å². The molecule has 2 aliphatic heterocycles. The lowest BCUT2D eigenvalue weighted by molar-refractivity contribution is 0.0442. The molecule has 4 rings (SSSR count). The van der Waals surface area contributed by atoms with E-state index in [4.69, 9.17) is 21.7 Å². The Morgan fingerprint density at radius 2 is 2.40 bits per heavy atom. The summed E-state index contributed by atoms with van der Waals surface area (Å²) in [5, 5.41) is 14.2. The molecular weight excluding hydrogens is 446 g/mol. The maximum absolute atomic E-state index is 13.0. The monoisotopic (exact) mass is 467 g/mol. The average Bonchev–Trinajstić information content (AvgIpc) is 3.15. The normalized spacial score (nSPS) is 26.1. The highest BCUT2D eigenvalue weighted by atomic mass is 35.5. The standard InChI is InChI=1S/C19H22ClN5O3S2/c1-3-11-5-4-6-15(22-11)23-17(26)13-9-12(20)16(29-13)19-7-8-28-10-14(19)30(27)25(2)18(21)24-19/h4-6,9,14H,3,7-8,10H2,1-2H3,(H2,21,24)(H,22,23,26). The molecule has 11 heteroatoms. The van der Waals surface area contributed by atoms with Crippen LogP contribution in [0.1, 0.15) is 33.6 Å². The molecule has 30 heavy (non-hydrogen) atoms. The van der Waals surface area contributed by atoms with Crippen LogP contribution in [0.25, 0.3) is 0 Å². The molecule has 3 atom stereocenters. The van der Waals surface area contributed by atoms with Crippen molar-refractivity contribution in [3.63, 3.8) is 0 Å². The molecule has 0 aromatic carbocycles. The van der Waals surface area contributed by atoms with Crippen LogP contribution < -0.4 is 10.6 Å². The first-order valence-corrected chi connectivity index (χ1v) is 11.9. The van der Waals surface area contributed by atoms with Gasteiger partial charge in [-0.05, 0) is 24.6 Å². The van der Waals surface area contributed by atoms with E-state index in [9.17, 15) is 9.35 Å². The van der Waals surface area contributed by atoms with Crippen LogP contribution in [0, 0.1) is 5.41 Å². The van der Waals surface area contributed by atoms with Gasteiger partial charge in [0.25, 0.3) is 5.91 Å². The summed E-state index contributed by atoms with van der Waals surface area (Å²) in [5.41, 5.74) is 0.0750. The van der Waals surface area contributed by atoms with Crippen LogP contribution in [0.2, 0.25) is 5.02 Å². The predicted molar refractivity (Wildman–Crippen MR) is 119 cm³/mol. The number of carbonyl (C=O) groups excluding carboxylic acids is 1. The van der Waals surface area contributed by atoms with Crippen LogP contribution in [0.15, 0.2) is 24.3 Å². The number of pyridine rings is 1. The Hall–Kier alpha value is -1.85. The summed E-state index contributed by atoms with van der Waals surface area (Å²) in [4.78, 5) is 18.4. The molecule has 2 fully saturated rings. The molecule has 1 amide bonds. The second kappa shape index (κ2) is 8.35. The van der Waals surface area contributed by atoms with Crippen molar-refractivity contribution in [1.82, 2.24) is 14.6 Å². The number of amides is 1. The molecule has 4 heterocycles. The van der Waals surface area contributed by atoms with Gasteiger partial charge in [0.1, 0.15) is 11.4 Å². The minimum Gasteiger partial charge on any atom is -0.592 e. The fourth-order valence-electron chi connectivity index (χ4n) is 3.70. The Morgan fingerprint density at radius 1 is 1.60 bits per heavy atom. The summed E-state index contributed by atoms with van der Waals surface area (Å²) < 4.78 is 19.9. The minimum absolute atomic E-state index is 0.0579. The van der Waals surface area contributed by atoms with Gasteiger partial charge in [-0.15, -0.1) is 11.3 Å². The zero-order valence-corrected chi connectivity index (χ0v) is 18.9. The number of nitrogens with one attached hydrogen (secondary N) is 3. The van der Waals surface area contributed by atoms with Gasteiger partial charge in [-0.3, -0.25) is 10.2 Å². The number of anilines is 1. The van der Waals surface area contributed by atoms with Crippen molar-refractivity contribution in [2.45, 2.75) is 30.6 Å². The largest absolute Gasteiger partial charge is 0.592 e. The predicted octanol–water partition coefficient (Wildman–Crippen LogP) is 2.73. The number of rotatable bonds is 4. The van der Waals surface area contributed by atoms with Crippen molar-refractivity contribution in [3.8, 4) is 0 Å². The van der Waals surface area contributed by atoms with Crippen molar-refractivity contribution in [3.05, 3.63) is 44.7 Å². The highest BCUT2D eigenvalue weighted by Gasteiger charge is 2.57. The van der Waals surface area contributed by atoms with Crippen LogP contribution in [-0.4, -0.2) is 51.2 Å². The van der Waals surface area contributed by atoms with Gasteiger partial charge in [0.15, 0.2) is 5.25 Å². The van der Waals surface area contributed by atoms with E-state index in [0.29, 0.717) is 33.6 Å². The van der Waals surface area contributed by atoms with Crippen LogP contribution in [0.3, 0.4) is 0 Å². The van der Waals surface area contributed by atoms with Gasteiger partial charge in [0.05, 0.1) is 39.8 Å². The third-order valence-corrected chi connectivity index (χ3v) is 8.82. The molecule has 3 unspecified atom stereocenters. The summed E-state index contributed by atoms with van der Waals surface area (Å²) in [5.74, 6) is 0.230. The molecule has 0 radical (unpaired) electrons. The van der Waals surface area contributed by atoms with E-state index in [1.807, 2.05) is 19.1 Å². The molecule has 2 aromatic rings. The summed E-state index contributed by atoms with van der Waals surface area (Å²) in [6.45, 7) is 2.72. The smallest absolute Gasteiger partial charge is 0.266 e. The van der Waals surface area contributed by atoms with E-state index in [1.165, 1.54) is 15.6 Å². The van der Waals surface area contributed by atoms with Crippen LogP contribution in [0.4, 0.5) is 5.82 Å². The third kappa shape index (κ3) is 3.67. The maximum atomic E-state index is 13.0. The second-order valence-electron chi connectivity index (χ2n) is 7.14. The number of aromatic nitrogens is 1. The molecule has 2 saturated heterocycles. The molecule has 0 saturated carbocycles. The number of halogens is 1. The maximum Gasteiger partial charge on any atom is 0.266 e.